The Labute approximate surface area is 82.9 Å². The number of likely N-dealkylation sites (tertiary alicyclic amines) is 1. The number of fused-ring (bicyclic) bond motifs is 1. The first kappa shape index (κ1) is 9.65. The molecular weight excluding hydrogens is 182 g/mol. The molecular formula is C10H15NO3. The lowest BCUT2D eigenvalue weighted by Gasteiger charge is -2.21. The lowest BCUT2D eigenvalue weighted by molar-refractivity contribution is -0.143. The maximum atomic E-state index is 11.8. The van der Waals surface area contributed by atoms with E-state index in [-0.39, 0.29) is 36.3 Å². The molecule has 2 amide bonds. The number of imide groups is 1. The third-order valence-corrected chi connectivity index (χ3v) is 3.33. The number of amides is 2. The van der Waals surface area contributed by atoms with Crippen molar-refractivity contribution in [3.05, 3.63) is 0 Å². The van der Waals surface area contributed by atoms with Crippen LogP contribution < -0.4 is 0 Å². The molecule has 4 nitrogen and oxygen atoms in total. The summed E-state index contributed by atoms with van der Waals surface area (Å²) in [5, 5.41) is 8.95. The molecule has 3 atom stereocenters. The molecule has 1 saturated carbocycles. The van der Waals surface area contributed by atoms with Crippen LogP contribution in [0.2, 0.25) is 0 Å². The molecule has 1 saturated heterocycles. The van der Waals surface area contributed by atoms with Gasteiger partial charge in [0.05, 0.1) is 24.5 Å². The van der Waals surface area contributed by atoms with Gasteiger partial charge in [-0.05, 0) is 19.8 Å². The van der Waals surface area contributed by atoms with E-state index >= 15 is 0 Å². The van der Waals surface area contributed by atoms with Gasteiger partial charge in [0.2, 0.25) is 11.8 Å². The average Bonchev–Trinajstić information content (AvgIpc) is 2.72. The van der Waals surface area contributed by atoms with Crippen molar-refractivity contribution < 1.29 is 14.7 Å². The van der Waals surface area contributed by atoms with Crippen LogP contribution >= 0.6 is 0 Å². The van der Waals surface area contributed by atoms with Gasteiger partial charge in [0.1, 0.15) is 0 Å². The molecule has 1 N–H and O–H groups in total. The standard InChI is InChI=1S/C10H15NO3/c1-6(5-12)11-9(13)7-3-2-4-8(7)10(11)14/h6-8,12H,2-5H2,1H3/t6-,7?,8?/m0/s1. The molecule has 14 heavy (non-hydrogen) atoms. The van der Waals surface area contributed by atoms with E-state index in [2.05, 4.69) is 0 Å². The number of hydrogen-bond acceptors (Lipinski definition) is 3. The van der Waals surface area contributed by atoms with Crippen molar-refractivity contribution in [1.82, 2.24) is 4.90 Å². The summed E-state index contributed by atoms with van der Waals surface area (Å²) in [4.78, 5) is 24.8. The lowest BCUT2D eigenvalue weighted by Crippen LogP contribution is -2.41. The first-order valence-corrected chi connectivity index (χ1v) is 5.14. The van der Waals surface area contributed by atoms with Crippen molar-refractivity contribution in [3.8, 4) is 0 Å². The Morgan fingerprint density at radius 3 is 2.29 bits per heavy atom. The van der Waals surface area contributed by atoms with Gasteiger partial charge < -0.3 is 5.11 Å². The van der Waals surface area contributed by atoms with Crippen LogP contribution in [-0.4, -0.2) is 34.5 Å². The molecule has 1 heterocycles. The van der Waals surface area contributed by atoms with Crippen LogP contribution in [0.5, 0.6) is 0 Å². The first-order chi connectivity index (χ1) is 6.66. The maximum absolute atomic E-state index is 11.8. The van der Waals surface area contributed by atoms with Crippen molar-refractivity contribution >= 4 is 11.8 Å². The zero-order chi connectivity index (χ0) is 10.3. The van der Waals surface area contributed by atoms with Crippen LogP contribution in [0.4, 0.5) is 0 Å². The predicted molar refractivity (Wildman–Crippen MR) is 49.2 cm³/mol. The molecule has 1 aliphatic heterocycles. The van der Waals surface area contributed by atoms with Crippen LogP contribution in [-0.2, 0) is 9.59 Å². The Bertz CT molecular complexity index is 255. The van der Waals surface area contributed by atoms with Gasteiger partial charge in [-0.2, -0.15) is 0 Å². The van der Waals surface area contributed by atoms with E-state index in [1.165, 1.54) is 4.90 Å². The van der Waals surface area contributed by atoms with Gasteiger partial charge in [0, 0.05) is 0 Å². The summed E-state index contributed by atoms with van der Waals surface area (Å²) in [7, 11) is 0. The fourth-order valence-corrected chi connectivity index (χ4v) is 2.53. The smallest absolute Gasteiger partial charge is 0.233 e. The zero-order valence-corrected chi connectivity index (χ0v) is 8.27. The normalized spacial score (nSPS) is 33.7. The van der Waals surface area contributed by atoms with Gasteiger partial charge in [0.15, 0.2) is 0 Å². The lowest BCUT2D eigenvalue weighted by atomic mass is 10.00. The summed E-state index contributed by atoms with van der Waals surface area (Å²) in [6, 6.07) is -0.361. The van der Waals surface area contributed by atoms with E-state index in [0.717, 1.165) is 19.3 Å². The third-order valence-electron chi connectivity index (χ3n) is 3.33. The van der Waals surface area contributed by atoms with Crippen LogP contribution in [0.25, 0.3) is 0 Å². The highest BCUT2D eigenvalue weighted by Gasteiger charge is 2.50. The quantitative estimate of drug-likeness (QED) is 0.641. The summed E-state index contributed by atoms with van der Waals surface area (Å²) in [5.41, 5.74) is 0. The number of carbonyl (C=O) groups is 2. The average molecular weight is 197 g/mol. The number of hydrogen-bond donors (Lipinski definition) is 1. The van der Waals surface area contributed by atoms with Crippen LogP contribution in [0.15, 0.2) is 0 Å². The topological polar surface area (TPSA) is 57.6 Å². The molecule has 1 aliphatic carbocycles. The number of rotatable bonds is 2. The van der Waals surface area contributed by atoms with Gasteiger partial charge in [0.25, 0.3) is 0 Å². The van der Waals surface area contributed by atoms with Crippen molar-refractivity contribution in [2.45, 2.75) is 32.2 Å². The van der Waals surface area contributed by atoms with Gasteiger partial charge in [-0.15, -0.1) is 0 Å². The summed E-state index contributed by atoms with van der Waals surface area (Å²) in [6.45, 7) is 1.56. The molecule has 0 aromatic heterocycles. The fraction of sp³-hybridized carbons (Fsp3) is 0.800. The molecule has 2 unspecified atom stereocenters. The van der Waals surface area contributed by atoms with Gasteiger partial charge in [-0.25, -0.2) is 0 Å². The number of aliphatic hydroxyl groups is 1. The van der Waals surface area contributed by atoms with E-state index in [0.29, 0.717) is 0 Å². The van der Waals surface area contributed by atoms with Crippen molar-refractivity contribution in [2.75, 3.05) is 6.61 Å². The minimum atomic E-state index is -0.361. The van der Waals surface area contributed by atoms with Crippen LogP contribution in [0.1, 0.15) is 26.2 Å². The minimum Gasteiger partial charge on any atom is -0.394 e. The second-order valence-corrected chi connectivity index (χ2v) is 4.22. The summed E-state index contributed by atoms with van der Waals surface area (Å²) >= 11 is 0. The Hall–Kier alpha value is -0.900. The molecule has 0 aromatic carbocycles. The monoisotopic (exact) mass is 197 g/mol. The summed E-state index contributed by atoms with van der Waals surface area (Å²) in [5.74, 6) is -0.314. The van der Waals surface area contributed by atoms with E-state index in [4.69, 9.17) is 5.11 Å². The molecule has 0 bridgehead atoms. The van der Waals surface area contributed by atoms with E-state index in [1.54, 1.807) is 6.92 Å². The summed E-state index contributed by atoms with van der Waals surface area (Å²) in [6.07, 6.45) is 2.65. The van der Waals surface area contributed by atoms with Crippen molar-refractivity contribution in [3.63, 3.8) is 0 Å². The predicted octanol–water partition coefficient (Wildman–Crippen LogP) is 0.152. The van der Waals surface area contributed by atoms with Gasteiger partial charge >= 0.3 is 0 Å². The molecule has 0 radical (unpaired) electrons. The second kappa shape index (κ2) is 3.35. The Balaban J connectivity index is 2.21. The molecule has 78 valence electrons. The van der Waals surface area contributed by atoms with Crippen molar-refractivity contribution in [2.24, 2.45) is 11.8 Å². The number of nitrogens with zero attached hydrogens (tertiary/aromatic N) is 1. The highest BCUT2D eigenvalue weighted by Crippen LogP contribution is 2.40. The van der Waals surface area contributed by atoms with E-state index in [9.17, 15) is 9.59 Å². The van der Waals surface area contributed by atoms with E-state index in [1.807, 2.05) is 0 Å². The van der Waals surface area contributed by atoms with Crippen molar-refractivity contribution in [1.29, 1.82) is 0 Å². The molecule has 2 fully saturated rings. The molecule has 2 rings (SSSR count). The zero-order valence-electron chi connectivity index (χ0n) is 8.27. The highest BCUT2D eigenvalue weighted by atomic mass is 16.3. The largest absolute Gasteiger partial charge is 0.394 e. The molecule has 0 aromatic rings. The van der Waals surface area contributed by atoms with Gasteiger partial charge in [-0.1, -0.05) is 6.42 Å². The number of carbonyl (C=O) groups excluding carboxylic acids is 2. The Morgan fingerprint density at radius 2 is 1.86 bits per heavy atom. The fourth-order valence-electron chi connectivity index (χ4n) is 2.53. The minimum absolute atomic E-state index is 0.0703. The third kappa shape index (κ3) is 1.17. The highest BCUT2D eigenvalue weighted by molar-refractivity contribution is 6.05. The molecule has 0 spiro atoms. The SMILES string of the molecule is C[C@@H](CO)N1C(=O)C2CCCC2C1=O. The summed E-state index contributed by atoms with van der Waals surface area (Å²) < 4.78 is 0. The first-order valence-electron chi connectivity index (χ1n) is 5.14. The maximum Gasteiger partial charge on any atom is 0.233 e. The molecule has 2 aliphatic rings. The van der Waals surface area contributed by atoms with Crippen LogP contribution in [0.3, 0.4) is 0 Å². The molecule has 4 heteroatoms. The second-order valence-electron chi connectivity index (χ2n) is 4.22. The Kier molecular flexibility index (Phi) is 2.31. The number of aliphatic hydroxyl groups excluding tert-OH is 1. The van der Waals surface area contributed by atoms with E-state index < -0.39 is 0 Å². The Morgan fingerprint density at radius 1 is 1.36 bits per heavy atom. The van der Waals surface area contributed by atoms with Crippen LogP contribution in [0, 0.1) is 11.8 Å². The van der Waals surface area contributed by atoms with Gasteiger partial charge in [-0.3, -0.25) is 14.5 Å².